The Bertz CT molecular complexity index is 489. The molecule has 2 fully saturated rings. The van der Waals surface area contributed by atoms with E-state index in [0.29, 0.717) is 22.2 Å². The van der Waals surface area contributed by atoms with Gasteiger partial charge in [-0.15, -0.1) is 0 Å². The van der Waals surface area contributed by atoms with Crippen molar-refractivity contribution < 1.29 is 4.79 Å². The minimum absolute atomic E-state index is 0.224. The fourth-order valence-electron chi connectivity index (χ4n) is 3.28. The second-order valence-corrected chi connectivity index (χ2v) is 6.53. The minimum atomic E-state index is 0.224. The first-order valence-electron chi connectivity index (χ1n) is 6.79. The highest BCUT2D eigenvalue weighted by Gasteiger charge is 2.56. The predicted molar refractivity (Wildman–Crippen MR) is 77.8 cm³/mol. The van der Waals surface area contributed by atoms with Gasteiger partial charge in [-0.3, -0.25) is 4.79 Å². The Morgan fingerprint density at radius 2 is 1.89 bits per heavy atom. The van der Waals surface area contributed by atoms with Gasteiger partial charge in [0.05, 0.1) is 0 Å². The maximum absolute atomic E-state index is 12.4. The molecule has 2 nitrogen and oxygen atoms in total. The molecular weight excluding hydrogens is 281 g/mol. The van der Waals surface area contributed by atoms with Gasteiger partial charge in [0.1, 0.15) is 5.78 Å². The van der Waals surface area contributed by atoms with Crippen molar-refractivity contribution in [3.8, 4) is 0 Å². The normalized spacial score (nSPS) is 24.4. The maximum Gasteiger partial charge on any atom is 0.141 e. The number of halogens is 2. The molecule has 1 aliphatic carbocycles. The van der Waals surface area contributed by atoms with E-state index in [0.717, 1.165) is 37.9 Å². The van der Waals surface area contributed by atoms with E-state index in [4.69, 9.17) is 23.2 Å². The molecule has 1 aromatic rings. The highest BCUT2D eigenvalue weighted by atomic mass is 35.5. The second-order valence-electron chi connectivity index (χ2n) is 5.71. The van der Waals surface area contributed by atoms with Gasteiger partial charge in [-0.25, -0.2) is 0 Å². The van der Waals surface area contributed by atoms with Crippen LogP contribution < -0.4 is 5.32 Å². The number of Topliss-reactive ketones (excluding diaryl/α,β-unsaturated/α-hetero) is 1. The Kier molecular flexibility index (Phi) is 3.59. The van der Waals surface area contributed by atoms with Crippen LogP contribution in [0.3, 0.4) is 0 Å². The summed E-state index contributed by atoms with van der Waals surface area (Å²) in [6.45, 7) is 2.08. The number of rotatable bonds is 3. The van der Waals surface area contributed by atoms with E-state index >= 15 is 0 Å². The quantitative estimate of drug-likeness (QED) is 0.925. The molecule has 1 aliphatic heterocycles. The lowest BCUT2D eigenvalue weighted by atomic mass is 9.89. The van der Waals surface area contributed by atoms with Gasteiger partial charge in [0.2, 0.25) is 0 Å². The topological polar surface area (TPSA) is 29.1 Å². The molecule has 102 valence electrons. The van der Waals surface area contributed by atoms with Crippen LogP contribution in [0.4, 0.5) is 0 Å². The highest BCUT2D eigenvalue weighted by Crippen LogP contribution is 2.59. The third-order valence-electron chi connectivity index (χ3n) is 4.59. The lowest BCUT2D eigenvalue weighted by Gasteiger charge is -2.23. The van der Waals surface area contributed by atoms with E-state index in [-0.39, 0.29) is 11.3 Å². The molecule has 2 aliphatic rings. The summed E-state index contributed by atoms with van der Waals surface area (Å²) < 4.78 is 0. The van der Waals surface area contributed by atoms with Gasteiger partial charge in [-0.1, -0.05) is 29.3 Å². The van der Waals surface area contributed by atoms with Crippen molar-refractivity contribution >= 4 is 29.0 Å². The van der Waals surface area contributed by atoms with Crippen LogP contribution in [0.1, 0.15) is 24.8 Å². The van der Waals surface area contributed by atoms with Crippen LogP contribution in [-0.4, -0.2) is 18.9 Å². The third-order valence-corrected chi connectivity index (χ3v) is 5.30. The fourth-order valence-corrected chi connectivity index (χ4v) is 3.81. The van der Waals surface area contributed by atoms with Crippen LogP contribution in [-0.2, 0) is 11.2 Å². The van der Waals surface area contributed by atoms with Crippen LogP contribution in [0.2, 0.25) is 10.0 Å². The van der Waals surface area contributed by atoms with Gasteiger partial charge < -0.3 is 5.32 Å². The summed E-state index contributed by atoms with van der Waals surface area (Å²) in [5.74, 6) is 0.527. The highest BCUT2D eigenvalue weighted by molar-refractivity contribution is 6.36. The molecular formula is C15H17Cl2NO. The molecule has 19 heavy (non-hydrogen) atoms. The van der Waals surface area contributed by atoms with Crippen LogP contribution >= 0.6 is 23.2 Å². The molecule has 4 heteroatoms. The number of piperidine rings is 1. The number of ketones is 1. The molecule has 1 saturated carbocycles. The number of carbonyl (C=O) groups is 1. The van der Waals surface area contributed by atoms with Gasteiger partial charge in [0.25, 0.3) is 0 Å². The van der Waals surface area contributed by atoms with Crippen LogP contribution in [0.25, 0.3) is 0 Å². The van der Waals surface area contributed by atoms with Crippen molar-refractivity contribution in [3.63, 3.8) is 0 Å². The molecule has 1 heterocycles. The number of hydrogen-bond donors (Lipinski definition) is 1. The standard InChI is InChI=1S/C15H17Cl2NO/c16-12-2-1-3-13(17)10(12)8-14(19)11-9-15(11)4-6-18-7-5-15/h1-3,11,18H,4-9H2. The van der Waals surface area contributed by atoms with E-state index in [2.05, 4.69) is 5.32 Å². The van der Waals surface area contributed by atoms with Gasteiger partial charge in [-0.2, -0.15) is 0 Å². The van der Waals surface area contributed by atoms with E-state index in [9.17, 15) is 4.79 Å². The van der Waals surface area contributed by atoms with E-state index < -0.39 is 0 Å². The molecule has 1 atom stereocenters. The van der Waals surface area contributed by atoms with Crippen molar-refractivity contribution in [2.24, 2.45) is 11.3 Å². The Morgan fingerprint density at radius 3 is 2.53 bits per heavy atom. The fraction of sp³-hybridized carbons (Fsp3) is 0.533. The predicted octanol–water partition coefficient (Wildman–Crippen LogP) is 3.49. The largest absolute Gasteiger partial charge is 0.317 e. The van der Waals surface area contributed by atoms with Crippen LogP contribution in [0, 0.1) is 11.3 Å². The SMILES string of the molecule is O=C(Cc1c(Cl)cccc1Cl)C1CC12CCNCC2. The molecule has 1 N–H and O–H groups in total. The number of nitrogens with one attached hydrogen (secondary N) is 1. The Hall–Kier alpha value is -0.570. The van der Waals surface area contributed by atoms with Crippen molar-refractivity contribution in [2.45, 2.75) is 25.7 Å². The summed E-state index contributed by atoms with van der Waals surface area (Å²) in [4.78, 5) is 12.4. The molecule has 1 unspecified atom stereocenters. The van der Waals surface area contributed by atoms with E-state index in [1.165, 1.54) is 0 Å². The molecule has 1 saturated heterocycles. The first-order chi connectivity index (χ1) is 9.12. The number of benzene rings is 1. The minimum Gasteiger partial charge on any atom is -0.317 e. The Balaban J connectivity index is 1.70. The van der Waals surface area contributed by atoms with Crippen molar-refractivity contribution in [1.82, 2.24) is 5.32 Å². The molecule has 0 radical (unpaired) electrons. The number of carbonyl (C=O) groups excluding carboxylic acids is 1. The van der Waals surface area contributed by atoms with Crippen LogP contribution in [0.15, 0.2) is 18.2 Å². The van der Waals surface area contributed by atoms with Gasteiger partial charge in [-0.05, 0) is 55.5 Å². The molecule has 3 rings (SSSR count). The zero-order chi connectivity index (χ0) is 13.5. The van der Waals surface area contributed by atoms with Crippen molar-refractivity contribution in [3.05, 3.63) is 33.8 Å². The summed E-state index contributed by atoms with van der Waals surface area (Å²) in [6.07, 6.45) is 3.67. The van der Waals surface area contributed by atoms with Crippen molar-refractivity contribution in [1.29, 1.82) is 0 Å². The first-order valence-corrected chi connectivity index (χ1v) is 7.54. The van der Waals surface area contributed by atoms with E-state index in [1.54, 1.807) is 12.1 Å². The summed E-state index contributed by atoms with van der Waals surface area (Å²) in [5, 5.41) is 4.55. The summed E-state index contributed by atoms with van der Waals surface area (Å²) in [7, 11) is 0. The Morgan fingerprint density at radius 1 is 1.26 bits per heavy atom. The molecule has 0 aromatic heterocycles. The summed E-state index contributed by atoms with van der Waals surface area (Å²) in [5.41, 5.74) is 1.07. The molecule has 0 amide bonds. The van der Waals surface area contributed by atoms with Gasteiger partial charge >= 0.3 is 0 Å². The monoisotopic (exact) mass is 297 g/mol. The van der Waals surface area contributed by atoms with Crippen molar-refractivity contribution in [2.75, 3.05) is 13.1 Å². The zero-order valence-electron chi connectivity index (χ0n) is 10.7. The average Bonchev–Trinajstić information content (AvgIpc) is 3.08. The summed E-state index contributed by atoms with van der Waals surface area (Å²) >= 11 is 12.3. The maximum atomic E-state index is 12.4. The Labute approximate surface area is 123 Å². The number of hydrogen-bond acceptors (Lipinski definition) is 2. The van der Waals surface area contributed by atoms with Gasteiger partial charge in [0, 0.05) is 22.4 Å². The smallest absolute Gasteiger partial charge is 0.141 e. The lowest BCUT2D eigenvalue weighted by molar-refractivity contribution is -0.120. The lowest BCUT2D eigenvalue weighted by Crippen LogP contribution is -2.31. The third kappa shape index (κ3) is 2.54. The first kappa shape index (κ1) is 13.4. The zero-order valence-corrected chi connectivity index (χ0v) is 12.2. The molecule has 1 aromatic carbocycles. The van der Waals surface area contributed by atoms with Crippen LogP contribution in [0.5, 0.6) is 0 Å². The van der Waals surface area contributed by atoms with E-state index in [1.807, 2.05) is 6.07 Å². The molecule has 0 bridgehead atoms. The summed E-state index contributed by atoms with van der Waals surface area (Å²) in [6, 6.07) is 5.40. The van der Waals surface area contributed by atoms with Gasteiger partial charge in [0.15, 0.2) is 0 Å². The molecule has 1 spiro atoms. The second kappa shape index (κ2) is 5.08. The average molecular weight is 298 g/mol.